The van der Waals surface area contributed by atoms with E-state index in [1.807, 2.05) is 0 Å². The number of aromatic nitrogens is 1. The summed E-state index contributed by atoms with van der Waals surface area (Å²) in [5.41, 5.74) is 1.07. The molecule has 1 fully saturated rings. The first kappa shape index (κ1) is 12.8. The van der Waals surface area contributed by atoms with Crippen molar-refractivity contribution in [3.05, 3.63) is 10.6 Å². The third-order valence-corrected chi connectivity index (χ3v) is 4.78. The molecule has 4 heteroatoms. The fraction of sp³-hybridized carbons (Fsp3) is 0.769. The molecule has 0 spiro atoms. The maximum atomic E-state index is 9.38. The van der Waals surface area contributed by atoms with E-state index < -0.39 is 0 Å². The summed E-state index contributed by atoms with van der Waals surface area (Å²) in [4.78, 5) is 8.11. The molecule has 96 valence electrons. The van der Waals surface area contributed by atoms with E-state index in [9.17, 15) is 5.11 Å². The van der Waals surface area contributed by atoms with Crippen molar-refractivity contribution in [1.29, 1.82) is 0 Å². The molecule has 1 saturated heterocycles. The first-order valence-electron chi connectivity index (χ1n) is 6.38. The molecule has 1 aliphatic heterocycles. The normalized spacial score (nSPS) is 24.9. The molecule has 1 aromatic heterocycles. The maximum absolute atomic E-state index is 9.38. The van der Waals surface area contributed by atoms with Gasteiger partial charge in [0.15, 0.2) is 5.13 Å². The zero-order valence-corrected chi connectivity index (χ0v) is 11.9. The van der Waals surface area contributed by atoms with Crippen LogP contribution in [-0.4, -0.2) is 23.2 Å². The van der Waals surface area contributed by atoms with Crippen LogP contribution in [0.1, 0.15) is 44.2 Å². The van der Waals surface area contributed by atoms with E-state index in [-0.39, 0.29) is 6.61 Å². The lowest BCUT2D eigenvalue weighted by Crippen LogP contribution is -2.19. The van der Waals surface area contributed by atoms with Crippen molar-refractivity contribution in [3.63, 3.8) is 0 Å². The monoisotopic (exact) mass is 254 g/mol. The second-order valence-electron chi connectivity index (χ2n) is 5.48. The predicted octanol–water partition coefficient (Wildman–Crippen LogP) is 2.85. The number of hydrogen-bond donors (Lipinski definition) is 1. The quantitative estimate of drug-likeness (QED) is 0.901. The van der Waals surface area contributed by atoms with Crippen LogP contribution in [0.5, 0.6) is 0 Å². The SMILES string of the molecule is CC(C)c1nc(N2CC(C)C(C)C2)sc1CO. The fourth-order valence-electron chi connectivity index (χ4n) is 2.34. The van der Waals surface area contributed by atoms with Gasteiger partial charge in [0, 0.05) is 13.1 Å². The summed E-state index contributed by atoms with van der Waals surface area (Å²) in [5, 5.41) is 10.5. The summed E-state index contributed by atoms with van der Waals surface area (Å²) in [6.45, 7) is 11.2. The van der Waals surface area contributed by atoms with Gasteiger partial charge in [-0.15, -0.1) is 0 Å². The van der Waals surface area contributed by atoms with E-state index in [2.05, 4.69) is 32.6 Å². The van der Waals surface area contributed by atoms with Gasteiger partial charge in [-0.2, -0.15) is 0 Å². The van der Waals surface area contributed by atoms with Crippen LogP contribution in [0.4, 0.5) is 5.13 Å². The molecular formula is C13H22N2OS. The molecule has 0 radical (unpaired) electrons. The minimum absolute atomic E-state index is 0.115. The van der Waals surface area contributed by atoms with E-state index >= 15 is 0 Å². The average Bonchev–Trinajstić information content (AvgIpc) is 2.83. The molecule has 1 N–H and O–H groups in total. The minimum Gasteiger partial charge on any atom is -0.391 e. The molecule has 0 aliphatic carbocycles. The van der Waals surface area contributed by atoms with Gasteiger partial charge in [-0.3, -0.25) is 0 Å². The van der Waals surface area contributed by atoms with E-state index in [1.54, 1.807) is 11.3 Å². The van der Waals surface area contributed by atoms with Crippen LogP contribution < -0.4 is 4.90 Å². The molecule has 17 heavy (non-hydrogen) atoms. The standard InChI is InChI=1S/C13H22N2OS/c1-8(2)12-11(7-16)17-13(14-12)15-5-9(3)10(4)6-15/h8-10,16H,5-7H2,1-4H3. The Morgan fingerprint density at radius 1 is 1.35 bits per heavy atom. The number of hydrogen-bond acceptors (Lipinski definition) is 4. The summed E-state index contributed by atoms with van der Waals surface area (Å²) < 4.78 is 0. The Bertz CT molecular complexity index is 379. The molecule has 2 atom stereocenters. The molecule has 3 nitrogen and oxygen atoms in total. The Balaban J connectivity index is 2.22. The summed E-state index contributed by atoms with van der Waals surface area (Å²) in [6.07, 6.45) is 0. The molecule has 0 amide bonds. The largest absolute Gasteiger partial charge is 0.391 e. The Hall–Kier alpha value is -0.610. The molecule has 0 saturated carbocycles. The van der Waals surface area contributed by atoms with Crippen molar-refractivity contribution in [1.82, 2.24) is 4.98 Å². The highest BCUT2D eigenvalue weighted by Crippen LogP contribution is 2.34. The first-order valence-corrected chi connectivity index (χ1v) is 7.20. The van der Waals surface area contributed by atoms with Crippen LogP contribution in [-0.2, 0) is 6.61 Å². The van der Waals surface area contributed by atoms with Gasteiger partial charge in [-0.05, 0) is 17.8 Å². The predicted molar refractivity (Wildman–Crippen MR) is 72.7 cm³/mol. The van der Waals surface area contributed by atoms with E-state index in [4.69, 9.17) is 4.98 Å². The molecule has 1 aliphatic rings. The van der Waals surface area contributed by atoms with Gasteiger partial charge >= 0.3 is 0 Å². The van der Waals surface area contributed by atoms with Gasteiger partial charge in [-0.1, -0.05) is 39.0 Å². The van der Waals surface area contributed by atoms with Crippen LogP contribution in [0.25, 0.3) is 0 Å². The third-order valence-electron chi connectivity index (χ3n) is 3.67. The van der Waals surface area contributed by atoms with Gasteiger partial charge in [0.25, 0.3) is 0 Å². The molecule has 0 bridgehead atoms. The van der Waals surface area contributed by atoms with Crippen LogP contribution in [0, 0.1) is 11.8 Å². The lowest BCUT2D eigenvalue weighted by Gasteiger charge is -2.13. The van der Waals surface area contributed by atoms with Crippen molar-refractivity contribution in [3.8, 4) is 0 Å². The number of rotatable bonds is 3. The van der Waals surface area contributed by atoms with Crippen LogP contribution in [0.3, 0.4) is 0 Å². The average molecular weight is 254 g/mol. The van der Waals surface area contributed by atoms with Crippen LogP contribution in [0.2, 0.25) is 0 Å². The molecule has 2 rings (SSSR count). The zero-order valence-electron chi connectivity index (χ0n) is 11.1. The Labute approximate surface area is 107 Å². The fourth-order valence-corrected chi connectivity index (χ4v) is 3.43. The van der Waals surface area contributed by atoms with Crippen molar-refractivity contribution in [2.75, 3.05) is 18.0 Å². The Kier molecular flexibility index (Phi) is 3.73. The number of thiazole rings is 1. The first-order chi connectivity index (χ1) is 8.02. The highest BCUT2D eigenvalue weighted by molar-refractivity contribution is 7.15. The summed E-state index contributed by atoms with van der Waals surface area (Å²) in [7, 11) is 0. The Morgan fingerprint density at radius 3 is 2.35 bits per heavy atom. The van der Waals surface area contributed by atoms with E-state index in [0.717, 1.165) is 40.6 Å². The second-order valence-corrected chi connectivity index (χ2v) is 6.54. The topological polar surface area (TPSA) is 36.4 Å². The van der Waals surface area contributed by atoms with Gasteiger partial charge in [0.1, 0.15) is 0 Å². The molecular weight excluding hydrogens is 232 g/mol. The molecule has 1 aromatic rings. The zero-order chi connectivity index (χ0) is 12.6. The number of anilines is 1. The number of aliphatic hydroxyl groups excluding tert-OH is 1. The molecule has 0 aromatic carbocycles. The molecule has 2 heterocycles. The van der Waals surface area contributed by atoms with Crippen molar-refractivity contribution >= 4 is 16.5 Å². The van der Waals surface area contributed by atoms with Crippen LogP contribution in [0.15, 0.2) is 0 Å². The highest BCUT2D eigenvalue weighted by Gasteiger charge is 2.28. The van der Waals surface area contributed by atoms with Crippen molar-refractivity contribution < 1.29 is 5.11 Å². The van der Waals surface area contributed by atoms with Crippen LogP contribution >= 0.6 is 11.3 Å². The van der Waals surface area contributed by atoms with Crippen molar-refractivity contribution in [2.24, 2.45) is 11.8 Å². The summed E-state index contributed by atoms with van der Waals surface area (Å²) in [5.74, 6) is 1.86. The smallest absolute Gasteiger partial charge is 0.185 e. The van der Waals surface area contributed by atoms with Gasteiger partial charge in [0.2, 0.25) is 0 Å². The highest BCUT2D eigenvalue weighted by atomic mass is 32.1. The second kappa shape index (κ2) is 4.94. The lowest BCUT2D eigenvalue weighted by atomic mass is 10.0. The lowest BCUT2D eigenvalue weighted by molar-refractivity contribution is 0.283. The third kappa shape index (κ3) is 2.47. The van der Waals surface area contributed by atoms with Gasteiger partial charge in [-0.25, -0.2) is 4.98 Å². The minimum atomic E-state index is 0.115. The Morgan fingerprint density at radius 2 is 1.94 bits per heavy atom. The van der Waals surface area contributed by atoms with Gasteiger partial charge < -0.3 is 10.0 Å². The van der Waals surface area contributed by atoms with E-state index in [1.165, 1.54) is 0 Å². The summed E-state index contributed by atoms with van der Waals surface area (Å²) >= 11 is 1.65. The molecule has 2 unspecified atom stereocenters. The summed E-state index contributed by atoms with van der Waals surface area (Å²) in [6, 6.07) is 0. The number of nitrogens with zero attached hydrogens (tertiary/aromatic N) is 2. The van der Waals surface area contributed by atoms with E-state index in [0.29, 0.717) is 5.92 Å². The maximum Gasteiger partial charge on any atom is 0.185 e. The van der Waals surface area contributed by atoms with Crippen molar-refractivity contribution in [2.45, 2.75) is 40.2 Å². The number of aliphatic hydroxyl groups is 1. The van der Waals surface area contributed by atoms with Gasteiger partial charge in [0.05, 0.1) is 17.2 Å².